The maximum absolute atomic E-state index is 11.6. The van der Waals surface area contributed by atoms with Crippen LogP contribution in [0.5, 0.6) is 0 Å². The molecule has 0 aliphatic heterocycles. The fraction of sp³-hybridized carbons (Fsp3) is 0.870. The molecule has 3 nitrogen and oxygen atoms in total. The van der Waals surface area contributed by atoms with E-state index in [9.17, 15) is 9.90 Å². The van der Waals surface area contributed by atoms with E-state index in [1.165, 1.54) is 38.5 Å². The van der Waals surface area contributed by atoms with Crippen molar-refractivity contribution >= 4 is 5.97 Å². The van der Waals surface area contributed by atoms with Gasteiger partial charge in [-0.15, -0.1) is 0 Å². The summed E-state index contributed by atoms with van der Waals surface area (Å²) in [5.74, 6) is 2.90. The van der Waals surface area contributed by atoms with E-state index in [4.69, 9.17) is 4.74 Å². The molecule has 0 aromatic carbocycles. The van der Waals surface area contributed by atoms with E-state index < -0.39 is 5.60 Å². The molecule has 0 aromatic rings. The summed E-state index contributed by atoms with van der Waals surface area (Å²) in [5.41, 5.74) is 1.25. The molecule has 1 N–H and O–H groups in total. The normalized spacial score (nSPS) is 47.4. The lowest BCUT2D eigenvalue weighted by Gasteiger charge is -2.56. The molecule has 0 amide bonds. The van der Waals surface area contributed by atoms with Crippen molar-refractivity contribution < 1.29 is 14.6 Å². The standard InChI is InChI=1S/C23H36O3/c1-4-21(24)26-16-7-9-17-15(14-16)6-8-19-18(17)10-12-22(3)20(19)11-13-23(22,25)5-2/h14,16-20,25H,4-13H2,1-3H3/t16-,17-,18?,19?,20?,22-,23-/m0/s1. The van der Waals surface area contributed by atoms with Gasteiger partial charge in [-0.1, -0.05) is 26.3 Å². The van der Waals surface area contributed by atoms with Crippen LogP contribution in [0.1, 0.15) is 85.0 Å². The number of carbonyl (C=O) groups is 1. The zero-order valence-corrected chi connectivity index (χ0v) is 16.8. The number of esters is 1. The fourth-order valence-corrected chi connectivity index (χ4v) is 7.33. The van der Waals surface area contributed by atoms with E-state index in [0.29, 0.717) is 18.3 Å². The Hall–Kier alpha value is -0.830. The summed E-state index contributed by atoms with van der Waals surface area (Å²) in [6, 6.07) is 0. The Balaban J connectivity index is 1.52. The van der Waals surface area contributed by atoms with Crippen LogP contribution < -0.4 is 0 Å². The van der Waals surface area contributed by atoms with E-state index in [1.54, 1.807) is 5.57 Å². The summed E-state index contributed by atoms with van der Waals surface area (Å²) in [4.78, 5) is 11.6. The quantitative estimate of drug-likeness (QED) is 0.568. The molecule has 3 heteroatoms. The minimum absolute atomic E-state index is 0.00997. The highest BCUT2D eigenvalue weighted by Crippen LogP contribution is 2.65. The zero-order valence-electron chi connectivity index (χ0n) is 16.8. The number of ether oxygens (including phenoxy) is 1. The van der Waals surface area contributed by atoms with Gasteiger partial charge >= 0.3 is 5.97 Å². The summed E-state index contributed by atoms with van der Waals surface area (Å²) in [6.45, 7) is 6.42. The SMILES string of the molecule is CCC(=O)O[C@@H]1C=C2CCC3C(CC[C@@]4(C)C3CC[C@@]4(O)CC)[C@H]2CC1. The van der Waals surface area contributed by atoms with Crippen molar-refractivity contribution in [1.82, 2.24) is 0 Å². The van der Waals surface area contributed by atoms with Gasteiger partial charge in [0.25, 0.3) is 0 Å². The second kappa shape index (κ2) is 6.65. The maximum Gasteiger partial charge on any atom is 0.306 e. The number of carbonyl (C=O) groups excluding carboxylic acids is 1. The van der Waals surface area contributed by atoms with E-state index in [1.807, 2.05) is 6.92 Å². The molecule has 0 spiro atoms. The van der Waals surface area contributed by atoms with Crippen molar-refractivity contribution in [3.05, 3.63) is 11.6 Å². The number of allylic oxidation sites excluding steroid dienone is 1. The number of rotatable bonds is 3. The largest absolute Gasteiger partial charge is 0.458 e. The third-order valence-electron chi connectivity index (χ3n) is 8.89. The monoisotopic (exact) mass is 360 g/mol. The van der Waals surface area contributed by atoms with Gasteiger partial charge in [0.2, 0.25) is 0 Å². The van der Waals surface area contributed by atoms with Crippen molar-refractivity contribution in [3.63, 3.8) is 0 Å². The highest BCUT2D eigenvalue weighted by Gasteiger charge is 2.61. The van der Waals surface area contributed by atoms with E-state index in [0.717, 1.165) is 31.1 Å². The van der Waals surface area contributed by atoms with Crippen LogP contribution in [0.3, 0.4) is 0 Å². The number of aliphatic hydroxyl groups is 1. The molecule has 0 radical (unpaired) electrons. The van der Waals surface area contributed by atoms with Gasteiger partial charge in [-0.05, 0) is 93.0 Å². The average Bonchev–Trinajstić information content (AvgIpc) is 2.93. The van der Waals surface area contributed by atoms with Gasteiger partial charge < -0.3 is 9.84 Å². The zero-order chi connectivity index (χ0) is 18.5. The lowest BCUT2D eigenvalue weighted by molar-refractivity contribution is -0.147. The topological polar surface area (TPSA) is 46.5 Å². The Morgan fingerprint density at radius 2 is 1.96 bits per heavy atom. The van der Waals surface area contributed by atoms with Gasteiger partial charge in [0.05, 0.1) is 5.60 Å². The summed E-state index contributed by atoms with van der Waals surface area (Å²) in [5, 5.41) is 11.3. The van der Waals surface area contributed by atoms with Gasteiger partial charge in [0.1, 0.15) is 6.10 Å². The van der Waals surface area contributed by atoms with Crippen LogP contribution >= 0.6 is 0 Å². The number of hydrogen-bond donors (Lipinski definition) is 1. The lowest BCUT2D eigenvalue weighted by Crippen LogP contribution is -2.52. The van der Waals surface area contributed by atoms with Crippen molar-refractivity contribution in [2.45, 2.75) is 96.7 Å². The Kier molecular flexibility index (Phi) is 4.74. The van der Waals surface area contributed by atoms with Gasteiger partial charge in [-0.25, -0.2) is 0 Å². The van der Waals surface area contributed by atoms with Crippen LogP contribution in [0.4, 0.5) is 0 Å². The molecule has 3 unspecified atom stereocenters. The van der Waals surface area contributed by atoms with Crippen LogP contribution in [0.2, 0.25) is 0 Å². The molecule has 26 heavy (non-hydrogen) atoms. The molecule has 4 rings (SSSR count). The first kappa shape index (κ1) is 18.5. The predicted molar refractivity (Wildman–Crippen MR) is 102 cm³/mol. The smallest absolute Gasteiger partial charge is 0.306 e. The van der Waals surface area contributed by atoms with Crippen molar-refractivity contribution in [1.29, 1.82) is 0 Å². The van der Waals surface area contributed by atoms with E-state index in [-0.39, 0.29) is 17.5 Å². The average molecular weight is 361 g/mol. The molecule has 146 valence electrons. The highest BCUT2D eigenvalue weighted by molar-refractivity contribution is 5.69. The maximum atomic E-state index is 11.6. The summed E-state index contributed by atoms with van der Waals surface area (Å²) in [6.07, 6.45) is 12.9. The highest BCUT2D eigenvalue weighted by atomic mass is 16.5. The Labute approximate surface area is 158 Å². The predicted octanol–water partition coefficient (Wildman–Crippen LogP) is 5.02. The molecule has 0 bridgehead atoms. The second-order valence-electron chi connectivity index (χ2n) is 9.66. The minimum Gasteiger partial charge on any atom is -0.458 e. The molecule has 4 aliphatic rings. The van der Waals surface area contributed by atoms with Gasteiger partial charge in [0, 0.05) is 6.42 Å². The van der Waals surface area contributed by atoms with Crippen LogP contribution in [0, 0.1) is 29.1 Å². The molecular formula is C23H36O3. The van der Waals surface area contributed by atoms with Gasteiger partial charge in [-0.3, -0.25) is 4.79 Å². The van der Waals surface area contributed by atoms with Crippen molar-refractivity contribution in [2.24, 2.45) is 29.1 Å². The number of fused-ring (bicyclic) bond motifs is 5. The molecule has 7 atom stereocenters. The van der Waals surface area contributed by atoms with E-state index in [2.05, 4.69) is 19.9 Å². The van der Waals surface area contributed by atoms with Crippen LogP contribution in [-0.2, 0) is 9.53 Å². The van der Waals surface area contributed by atoms with Gasteiger partial charge in [0.15, 0.2) is 0 Å². The molecule has 3 fully saturated rings. The first-order valence-electron chi connectivity index (χ1n) is 11.0. The molecule has 0 saturated heterocycles. The fourth-order valence-electron chi connectivity index (χ4n) is 7.33. The summed E-state index contributed by atoms with van der Waals surface area (Å²) >= 11 is 0. The molecule has 3 saturated carbocycles. The Bertz CT molecular complexity index is 596. The first-order valence-corrected chi connectivity index (χ1v) is 11.0. The van der Waals surface area contributed by atoms with E-state index >= 15 is 0 Å². The molecule has 4 aliphatic carbocycles. The lowest BCUT2D eigenvalue weighted by atomic mass is 9.50. The summed E-state index contributed by atoms with van der Waals surface area (Å²) < 4.78 is 5.60. The molecule has 0 aromatic heterocycles. The van der Waals surface area contributed by atoms with Crippen molar-refractivity contribution in [2.75, 3.05) is 0 Å². The summed E-state index contributed by atoms with van der Waals surface area (Å²) in [7, 11) is 0. The van der Waals surface area contributed by atoms with Crippen LogP contribution in [0.25, 0.3) is 0 Å². The van der Waals surface area contributed by atoms with Crippen LogP contribution in [0.15, 0.2) is 11.6 Å². The molecular weight excluding hydrogens is 324 g/mol. The van der Waals surface area contributed by atoms with Crippen LogP contribution in [-0.4, -0.2) is 22.8 Å². The third kappa shape index (κ3) is 2.68. The van der Waals surface area contributed by atoms with Crippen molar-refractivity contribution in [3.8, 4) is 0 Å². The number of hydrogen-bond acceptors (Lipinski definition) is 3. The Morgan fingerprint density at radius 3 is 2.69 bits per heavy atom. The van der Waals surface area contributed by atoms with Gasteiger partial charge in [-0.2, -0.15) is 0 Å². The second-order valence-corrected chi connectivity index (χ2v) is 9.66. The Morgan fingerprint density at radius 1 is 1.15 bits per heavy atom. The minimum atomic E-state index is -0.440. The molecule has 0 heterocycles. The first-order chi connectivity index (χ1) is 12.4. The third-order valence-corrected chi connectivity index (χ3v) is 8.89.